The molecule has 38 heavy (non-hydrogen) atoms. The highest BCUT2D eigenvalue weighted by Gasteiger charge is 2.42. The predicted octanol–water partition coefficient (Wildman–Crippen LogP) is 5.50. The Morgan fingerprint density at radius 1 is 0.711 bits per heavy atom. The number of thioether (sulfide) groups is 2. The Hall–Kier alpha value is -2.10. The summed E-state index contributed by atoms with van der Waals surface area (Å²) in [7, 11) is 0. The molecule has 2 aliphatic rings. The van der Waals surface area contributed by atoms with Gasteiger partial charge in [-0.05, 0) is 56.1 Å². The molecular weight excluding hydrogens is 696 g/mol. The number of nitrogens with zero attached hydrogens (tertiary/aromatic N) is 2. The van der Waals surface area contributed by atoms with E-state index in [1.54, 1.807) is 24.3 Å². The standard InChI is InChI=1S/C24H18Br2N4O4S4/c25-13-5-1-3-7-15(13)27-17(31)9-11-29-21(33)19(37-23(29)35)20-22(34)30(24(36)38-20)12-10-18(32)28-16-8-4-2-6-14(16)26/h1-8H,9-12H2,(H,27,31)(H,28,32)/b20-19+. The van der Waals surface area contributed by atoms with Crippen LogP contribution in [0.5, 0.6) is 0 Å². The van der Waals surface area contributed by atoms with E-state index in [4.69, 9.17) is 24.4 Å². The molecule has 0 saturated carbocycles. The van der Waals surface area contributed by atoms with Gasteiger partial charge in [0.1, 0.15) is 8.64 Å². The van der Waals surface area contributed by atoms with E-state index in [2.05, 4.69) is 42.5 Å². The second-order valence-electron chi connectivity index (χ2n) is 7.86. The first kappa shape index (κ1) is 28.9. The Kier molecular flexibility index (Phi) is 9.76. The molecule has 14 heteroatoms. The van der Waals surface area contributed by atoms with Crippen LogP contribution in [0.1, 0.15) is 12.8 Å². The Morgan fingerprint density at radius 3 is 1.45 bits per heavy atom. The Morgan fingerprint density at radius 2 is 1.08 bits per heavy atom. The first-order valence-corrected chi connectivity index (χ1v) is 15.1. The van der Waals surface area contributed by atoms with Gasteiger partial charge in [0.15, 0.2) is 0 Å². The minimum Gasteiger partial charge on any atom is -0.325 e. The minimum atomic E-state index is -0.444. The van der Waals surface area contributed by atoms with Gasteiger partial charge in [0.05, 0.1) is 21.2 Å². The van der Waals surface area contributed by atoms with E-state index < -0.39 is 11.8 Å². The Balaban J connectivity index is 1.35. The summed E-state index contributed by atoms with van der Waals surface area (Å²) in [6.45, 7) is 0.139. The van der Waals surface area contributed by atoms with Crippen LogP contribution in [-0.2, 0) is 19.2 Å². The summed E-state index contributed by atoms with van der Waals surface area (Å²) in [6, 6.07) is 14.4. The topological polar surface area (TPSA) is 98.8 Å². The zero-order valence-corrected chi connectivity index (χ0v) is 25.8. The maximum Gasteiger partial charge on any atom is 0.267 e. The molecule has 2 heterocycles. The molecule has 2 aromatic rings. The van der Waals surface area contributed by atoms with E-state index in [-0.39, 0.29) is 56.2 Å². The van der Waals surface area contributed by atoms with Gasteiger partial charge in [-0.3, -0.25) is 29.0 Å². The van der Waals surface area contributed by atoms with Crippen LogP contribution in [0.25, 0.3) is 0 Å². The number of carbonyl (C=O) groups excluding carboxylic acids is 4. The first-order valence-electron chi connectivity index (χ1n) is 11.1. The van der Waals surface area contributed by atoms with Crippen LogP contribution >= 0.6 is 79.8 Å². The SMILES string of the molecule is O=C(CCN1C(=O)/C(=C2\SC(=S)N(CCC(=O)Nc3ccccc3Br)C2=O)SC1=S)Nc1ccccc1Br. The fourth-order valence-corrected chi connectivity index (χ4v) is 6.97. The van der Waals surface area contributed by atoms with Crippen LogP contribution in [0.2, 0.25) is 0 Å². The summed E-state index contributed by atoms with van der Waals surface area (Å²) in [6.07, 6.45) is 0.0449. The number of halogens is 2. The van der Waals surface area contributed by atoms with Crippen molar-refractivity contribution in [3.63, 3.8) is 0 Å². The van der Waals surface area contributed by atoms with Crippen molar-refractivity contribution >= 4 is 123 Å². The van der Waals surface area contributed by atoms with Gasteiger partial charge >= 0.3 is 0 Å². The molecule has 0 unspecified atom stereocenters. The van der Waals surface area contributed by atoms with Gasteiger partial charge in [-0.1, -0.05) is 72.2 Å². The summed E-state index contributed by atoms with van der Waals surface area (Å²) in [5.41, 5.74) is 1.24. The molecule has 0 spiro atoms. The molecule has 0 atom stereocenters. The lowest BCUT2D eigenvalue weighted by atomic mass is 10.3. The lowest BCUT2D eigenvalue weighted by Crippen LogP contribution is -2.33. The smallest absolute Gasteiger partial charge is 0.267 e. The number of anilines is 2. The molecule has 196 valence electrons. The van der Waals surface area contributed by atoms with Crippen LogP contribution < -0.4 is 10.6 Å². The van der Waals surface area contributed by atoms with Crippen LogP contribution in [0.15, 0.2) is 67.3 Å². The van der Waals surface area contributed by atoms with Crippen LogP contribution in [0.3, 0.4) is 0 Å². The molecule has 0 aromatic heterocycles. The molecule has 2 aliphatic heterocycles. The van der Waals surface area contributed by atoms with Crippen molar-refractivity contribution in [2.45, 2.75) is 12.8 Å². The lowest BCUT2D eigenvalue weighted by Gasteiger charge is -2.15. The molecule has 0 aliphatic carbocycles. The van der Waals surface area contributed by atoms with Crippen LogP contribution in [0, 0.1) is 0 Å². The van der Waals surface area contributed by atoms with Gasteiger partial charge in [0, 0.05) is 34.9 Å². The van der Waals surface area contributed by atoms with Gasteiger partial charge in [0.25, 0.3) is 11.8 Å². The Labute approximate surface area is 254 Å². The van der Waals surface area contributed by atoms with Gasteiger partial charge < -0.3 is 10.6 Å². The quantitative estimate of drug-likeness (QED) is 0.274. The number of amides is 4. The Bertz CT molecular complexity index is 1300. The van der Waals surface area contributed by atoms with Crippen molar-refractivity contribution in [2.24, 2.45) is 0 Å². The highest BCUT2D eigenvalue weighted by atomic mass is 79.9. The third-order valence-electron chi connectivity index (χ3n) is 5.33. The van der Waals surface area contributed by atoms with E-state index in [1.165, 1.54) is 9.80 Å². The highest BCUT2D eigenvalue weighted by Crippen LogP contribution is 2.42. The highest BCUT2D eigenvalue weighted by molar-refractivity contribution is 9.11. The average Bonchev–Trinajstić information content (AvgIpc) is 3.32. The summed E-state index contributed by atoms with van der Waals surface area (Å²) < 4.78 is 2.01. The van der Waals surface area contributed by atoms with Crippen molar-refractivity contribution in [3.05, 3.63) is 67.3 Å². The predicted molar refractivity (Wildman–Crippen MR) is 166 cm³/mol. The van der Waals surface area contributed by atoms with E-state index >= 15 is 0 Å². The van der Waals surface area contributed by atoms with Gasteiger partial charge in [0.2, 0.25) is 11.8 Å². The molecule has 8 nitrogen and oxygen atoms in total. The summed E-state index contributed by atoms with van der Waals surface area (Å²) in [5, 5.41) is 5.57. The van der Waals surface area contributed by atoms with E-state index in [0.29, 0.717) is 11.4 Å². The van der Waals surface area contributed by atoms with Crippen molar-refractivity contribution in [3.8, 4) is 0 Å². The summed E-state index contributed by atoms with van der Waals surface area (Å²) >= 11 is 19.5. The number of thiocarbonyl (C=S) groups is 2. The number of nitrogens with one attached hydrogen (secondary N) is 2. The van der Waals surface area contributed by atoms with E-state index in [9.17, 15) is 19.2 Å². The maximum absolute atomic E-state index is 13.1. The summed E-state index contributed by atoms with van der Waals surface area (Å²) in [4.78, 5) is 54.1. The van der Waals surface area contributed by atoms with Crippen molar-refractivity contribution < 1.29 is 19.2 Å². The number of rotatable bonds is 8. The molecule has 4 rings (SSSR count). The number of para-hydroxylation sites is 2. The van der Waals surface area contributed by atoms with Gasteiger partial charge in [-0.15, -0.1) is 0 Å². The molecular formula is C24H18Br2N4O4S4. The van der Waals surface area contributed by atoms with Gasteiger partial charge in [-0.2, -0.15) is 0 Å². The second kappa shape index (κ2) is 12.8. The monoisotopic (exact) mass is 712 g/mol. The van der Waals surface area contributed by atoms with Crippen molar-refractivity contribution in [1.82, 2.24) is 9.80 Å². The summed E-state index contributed by atoms with van der Waals surface area (Å²) in [5.74, 6) is -1.45. The molecule has 0 radical (unpaired) electrons. The largest absolute Gasteiger partial charge is 0.325 e. The minimum absolute atomic E-state index is 0.0225. The second-order valence-corrected chi connectivity index (χ2v) is 12.9. The van der Waals surface area contributed by atoms with Gasteiger partial charge in [-0.25, -0.2) is 0 Å². The molecule has 2 saturated heterocycles. The number of hydrogen-bond donors (Lipinski definition) is 2. The molecule has 4 amide bonds. The fourth-order valence-electron chi connectivity index (χ4n) is 3.43. The fraction of sp³-hybridized carbons (Fsp3) is 0.167. The maximum atomic E-state index is 13.1. The van der Waals surface area contributed by atoms with E-state index in [0.717, 1.165) is 32.5 Å². The zero-order valence-electron chi connectivity index (χ0n) is 19.4. The van der Waals surface area contributed by atoms with Crippen LogP contribution in [0.4, 0.5) is 11.4 Å². The van der Waals surface area contributed by atoms with E-state index in [1.807, 2.05) is 24.3 Å². The first-order chi connectivity index (χ1) is 18.2. The zero-order chi connectivity index (χ0) is 27.4. The average molecular weight is 715 g/mol. The molecule has 2 fully saturated rings. The lowest BCUT2D eigenvalue weighted by molar-refractivity contribution is -0.125. The molecule has 2 aromatic carbocycles. The molecule has 2 N–H and O–H groups in total. The van der Waals surface area contributed by atoms with Crippen molar-refractivity contribution in [2.75, 3.05) is 23.7 Å². The van der Waals surface area contributed by atoms with Crippen molar-refractivity contribution in [1.29, 1.82) is 0 Å². The third kappa shape index (κ3) is 6.72. The number of hydrogen-bond acceptors (Lipinski definition) is 8. The molecule has 0 bridgehead atoms. The number of benzene rings is 2. The third-order valence-corrected chi connectivity index (χ3v) is 9.73. The van der Waals surface area contributed by atoms with Crippen LogP contribution in [-0.4, -0.2) is 55.2 Å². The number of carbonyl (C=O) groups is 4. The normalized spacial score (nSPS) is 17.4.